The van der Waals surface area contributed by atoms with Crippen LogP contribution in [-0.4, -0.2) is 12.2 Å². The first-order chi connectivity index (χ1) is 10.1. The fourth-order valence-electron chi connectivity index (χ4n) is 2.39. The van der Waals surface area contributed by atoms with Gasteiger partial charge >= 0.3 is 0 Å². The summed E-state index contributed by atoms with van der Waals surface area (Å²) in [6.07, 6.45) is 0. The van der Waals surface area contributed by atoms with E-state index in [9.17, 15) is 0 Å². The Kier molecular flexibility index (Phi) is 3.53. The molecule has 0 unspecified atom stereocenters. The van der Waals surface area contributed by atoms with Crippen molar-refractivity contribution < 1.29 is 4.74 Å². The number of nitrogens with zero attached hydrogens (tertiary/aromatic N) is 1. The molecular weight excluding hydrogens is 282 g/mol. The first kappa shape index (κ1) is 13.9. The van der Waals surface area contributed by atoms with Gasteiger partial charge in [-0.2, -0.15) is 5.43 Å². The molecule has 2 N–H and O–H groups in total. The third kappa shape index (κ3) is 2.57. The summed E-state index contributed by atoms with van der Waals surface area (Å²) in [7, 11) is 1.65. The van der Waals surface area contributed by atoms with Crippen LogP contribution >= 0.6 is 12.2 Å². The Morgan fingerprint density at radius 2 is 1.71 bits per heavy atom. The predicted molar refractivity (Wildman–Crippen MR) is 88.1 cm³/mol. The molecule has 0 aliphatic carbocycles. The summed E-state index contributed by atoms with van der Waals surface area (Å²) in [6.45, 7) is 2.07. The molecule has 0 radical (unpaired) electrons. The second-order valence-electron chi connectivity index (χ2n) is 5.07. The minimum atomic E-state index is -0.418. The van der Waals surface area contributed by atoms with Crippen molar-refractivity contribution in [1.29, 1.82) is 0 Å². The van der Waals surface area contributed by atoms with Gasteiger partial charge in [0.1, 0.15) is 11.4 Å². The lowest BCUT2D eigenvalue weighted by atomic mass is 10.0. The summed E-state index contributed by atoms with van der Waals surface area (Å²) in [4.78, 5) is 0. The molecule has 1 atom stereocenters. The Hall–Kier alpha value is -2.11. The van der Waals surface area contributed by atoms with Crippen LogP contribution in [0.4, 0.5) is 5.69 Å². The monoisotopic (exact) mass is 299 g/mol. The molecule has 0 saturated carbocycles. The van der Waals surface area contributed by atoms with Crippen LogP contribution in [0.1, 0.15) is 12.5 Å². The number of anilines is 1. The van der Waals surface area contributed by atoms with E-state index in [1.54, 1.807) is 7.11 Å². The molecule has 0 aromatic heterocycles. The molecule has 4 nitrogen and oxygen atoms in total. The van der Waals surface area contributed by atoms with Crippen LogP contribution in [0.2, 0.25) is 0 Å². The zero-order valence-electron chi connectivity index (χ0n) is 12.0. The molecule has 1 fully saturated rings. The van der Waals surface area contributed by atoms with E-state index in [4.69, 9.17) is 17.0 Å². The molecule has 1 aliphatic heterocycles. The van der Waals surface area contributed by atoms with Crippen LogP contribution < -0.4 is 20.5 Å². The average molecular weight is 299 g/mol. The molecular formula is C16H17N3OS. The van der Waals surface area contributed by atoms with Crippen LogP contribution in [0.3, 0.4) is 0 Å². The summed E-state index contributed by atoms with van der Waals surface area (Å²) in [5.74, 6) is 0.822. The van der Waals surface area contributed by atoms with Crippen molar-refractivity contribution >= 4 is 23.0 Å². The van der Waals surface area contributed by atoms with Crippen molar-refractivity contribution in [3.63, 3.8) is 0 Å². The zero-order valence-corrected chi connectivity index (χ0v) is 12.8. The maximum Gasteiger partial charge on any atom is 0.190 e. The van der Waals surface area contributed by atoms with Gasteiger partial charge in [-0.1, -0.05) is 30.3 Å². The van der Waals surface area contributed by atoms with Gasteiger partial charge in [0.2, 0.25) is 0 Å². The summed E-state index contributed by atoms with van der Waals surface area (Å²) in [5, 5.41) is 5.86. The zero-order chi connectivity index (χ0) is 14.9. The minimum Gasteiger partial charge on any atom is -0.497 e. The lowest BCUT2D eigenvalue weighted by molar-refractivity contribution is 0.389. The van der Waals surface area contributed by atoms with Crippen LogP contribution in [-0.2, 0) is 5.66 Å². The van der Waals surface area contributed by atoms with Gasteiger partial charge in [0.05, 0.1) is 12.8 Å². The highest BCUT2D eigenvalue weighted by Crippen LogP contribution is 2.27. The standard InChI is InChI=1S/C16H17N3OS/c1-16(12-6-4-3-5-7-12)17-15(21)19(18-16)13-8-10-14(20-2)11-9-13/h3-11,18H,1-2H3,(H,17,21)/t16-/m1/s1. The highest BCUT2D eigenvalue weighted by atomic mass is 32.1. The first-order valence-electron chi connectivity index (χ1n) is 6.72. The summed E-state index contributed by atoms with van der Waals surface area (Å²) in [6, 6.07) is 17.9. The Labute approximate surface area is 129 Å². The van der Waals surface area contributed by atoms with E-state index in [1.165, 1.54) is 0 Å². The largest absolute Gasteiger partial charge is 0.497 e. The Morgan fingerprint density at radius 1 is 1.05 bits per heavy atom. The maximum absolute atomic E-state index is 5.45. The first-order valence-corrected chi connectivity index (χ1v) is 7.13. The molecule has 5 heteroatoms. The number of hydrogen-bond acceptors (Lipinski definition) is 3. The van der Waals surface area contributed by atoms with Gasteiger partial charge in [0, 0.05) is 0 Å². The molecule has 2 aromatic carbocycles. The number of hydrogen-bond donors (Lipinski definition) is 2. The minimum absolute atomic E-state index is 0.418. The van der Waals surface area contributed by atoms with Gasteiger partial charge in [-0.15, -0.1) is 0 Å². The van der Waals surface area contributed by atoms with E-state index < -0.39 is 5.66 Å². The molecule has 3 rings (SSSR count). The van der Waals surface area contributed by atoms with Gasteiger partial charge in [-0.3, -0.25) is 0 Å². The topological polar surface area (TPSA) is 36.5 Å². The molecule has 2 aromatic rings. The van der Waals surface area contributed by atoms with Crippen LogP contribution in [0, 0.1) is 0 Å². The molecule has 0 amide bonds. The molecule has 1 saturated heterocycles. The Morgan fingerprint density at radius 3 is 2.33 bits per heavy atom. The number of hydrazine groups is 1. The molecule has 1 aliphatic rings. The van der Waals surface area contributed by atoms with Crippen LogP contribution in [0.5, 0.6) is 5.75 Å². The van der Waals surface area contributed by atoms with Crippen molar-refractivity contribution in [3.05, 3.63) is 60.2 Å². The lowest BCUT2D eigenvalue weighted by Crippen LogP contribution is -2.45. The van der Waals surface area contributed by atoms with Crippen molar-refractivity contribution in [1.82, 2.24) is 10.7 Å². The van der Waals surface area contributed by atoms with Crippen molar-refractivity contribution in [2.24, 2.45) is 0 Å². The number of rotatable bonds is 3. The van der Waals surface area contributed by atoms with Gasteiger partial charge in [0.25, 0.3) is 0 Å². The van der Waals surface area contributed by atoms with Gasteiger partial charge in [-0.05, 0) is 49.0 Å². The predicted octanol–water partition coefficient (Wildman–Crippen LogP) is 2.77. The average Bonchev–Trinajstić information content (AvgIpc) is 2.85. The van der Waals surface area contributed by atoms with E-state index in [-0.39, 0.29) is 0 Å². The molecule has 108 valence electrons. The Bertz CT molecular complexity index is 644. The second kappa shape index (κ2) is 5.35. The fraction of sp³-hybridized carbons (Fsp3) is 0.188. The normalized spacial score (nSPS) is 21.2. The van der Waals surface area contributed by atoms with Crippen LogP contribution in [0.15, 0.2) is 54.6 Å². The molecule has 0 bridgehead atoms. The summed E-state index contributed by atoms with van der Waals surface area (Å²) < 4.78 is 5.18. The van der Waals surface area contributed by atoms with Gasteiger partial charge in [-0.25, -0.2) is 5.01 Å². The van der Waals surface area contributed by atoms with E-state index in [2.05, 4.69) is 29.8 Å². The maximum atomic E-state index is 5.45. The van der Waals surface area contributed by atoms with Crippen molar-refractivity contribution in [2.45, 2.75) is 12.6 Å². The second-order valence-corrected chi connectivity index (χ2v) is 5.45. The quantitative estimate of drug-likeness (QED) is 0.852. The highest BCUT2D eigenvalue weighted by molar-refractivity contribution is 7.80. The Balaban J connectivity index is 1.87. The van der Waals surface area contributed by atoms with Crippen LogP contribution in [0.25, 0.3) is 0 Å². The third-order valence-electron chi connectivity index (χ3n) is 3.58. The summed E-state index contributed by atoms with van der Waals surface area (Å²) >= 11 is 5.45. The third-order valence-corrected chi connectivity index (χ3v) is 3.86. The van der Waals surface area contributed by atoms with E-state index in [0.717, 1.165) is 17.0 Å². The SMILES string of the molecule is COc1ccc(N2N[C@](C)(c3ccccc3)NC2=S)cc1. The van der Waals surface area contributed by atoms with Gasteiger partial charge < -0.3 is 10.1 Å². The number of methoxy groups -OCH3 is 1. The number of ether oxygens (including phenoxy) is 1. The lowest BCUT2D eigenvalue weighted by Gasteiger charge is -2.26. The smallest absolute Gasteiger partial charge is 0.190 e. The highest BCUT2D eigenvalue weighted by Gasteiger charge is 2.37. The fourth-order valence-corrected chi connectivity index (χ4v) is 2.75. The molecule has 0 spiro atoms. The molecule has 1 heterocycles. The van der Waals surface area contributed by atoms with E-state index in [1.807, 2.05) is 47.5 Å². The number of nitrogens with one attached hydrogen (secondary N) is 2. The van der Waals surface area contributed by atoms with Gasteiger partial charge in [0.15, 0.2) is 5.11 Å². The number of benzene rings is 2. The van der Waals surface area contributed by atoms with E-state index >= 15 is 0 Å². The molecule has 21 heavy (non-hydrogen) atoms. The number of thiocarbonyl (C=S) groups is 1. The van der Waals surface area contributed by atoms with E-state index in [0.29, 0.717) is 5.11 Å². The summed E-state index contributed by atoms with van der Waals surface area (Å²) in [5.41, 5.74) is 5.10. The van der Waals surface area contributed by atoms with Crippen molar-refractivity contribution in [2.75, 3.05) is 12.1 Å². The van der Waals surface area contributed by atoms with Crippen molar-refractivity contribution in [3.8, 4) is 5.75 Å².